The molecule has 2 aliphatic rings. The summed E-state index contributed by atoms with van der Waals surface area (Å²) in [5, 5.41) is 4.04. The van der Waals surface area contributed by atoms with Crippen molar-refractivity contribution in [2.45, 2.75) is 26.2 Å². The summed E-state index contributed by atoms with van der Waals surface area (Å²) in [6.07, 6.45) is 5.51. The molecule has 53 valence electrons. The predicted molar refractivity (Wildman–Crippen MR) is 40.7 cm³/mol. The monoisotopic (exact) mass is 135 g/mol. The van der Waals surface area contributed by atoms with Gasteiger partial charge >= 0.3 is 0 Å². The third-order valence-corrected chi connectivity index (χ3v) is 2.21. The van der Waals surface area contributed by atoms with Gasteiger partial charge in [-0.1, -0.05) is 6.92 Å². The number of hydrogen-bond donors (Lipinski definition) is 0. The molecule has 0 aromatic carbocycles. The molecule has 1 saturated carbocycles. The van der Waals surface area contributed by atoms with Gasteiger partial charge in [-0.3, -0.25) is 0 Å². The van der Waals surface area contributed by atoms with Crippen molar-refractivity contribution in [1.29, 1.82) is 0 Å². The van der Waals surface area contributed by atoms with E-state index in [0.29, 0.717) is 0 Å². The van der Waals surface area contributed by atoms with Crippen molar-refractivity contribution in [2.75, 3.05) is 0 Å². The normalized spacial score (nSPS) is 30.3. The van der Waals surface area contributed by atoms with Gasteiger partial charge in [0.25, 0.3) is 0 Å². The molecule has 10 heavy (non-hydrogen) atoms. The van der Waals surface area contributed by atoms with E-state index in [-0.39, 0.29) is 0 Å². The first kappa shape index (κ1) is 5.96. The molecule has 1 aliphatic carbocycles. The zero-order valence-electron chi connectivity index (χ0n) is 6.17. The summed E-state index contributed by atoms with van der Waals surface area (Å²) in [5.41, 5.74) is 6.50. The Morgan fingerprint density at radius 1 is 1.60 bits per heavy atom. The van der Waals surface area contributed by atoms with Crippen LogP contribution in [-0.2, 0) is 0 Å². The van der Waals surface area contributed by atoms with E-state index in [0.717, 1.165) is 12.3 Å². The Kier molecular flexibility index (Phi) is 1.26. The maximum absolute atomic E-state index is 4.04. The van der Waals surface area contributed by atoms with Crippen LogP contribution >= 0.6 is 0 Å². The Morgan fingerprint density at radius 2 is 2.50 bits per heavy atom. The molecule has 1 fully saturated rings. The highest BCUT2D eigenvalue weighted by atomic mass is 15.3. The lowest BCUT2D eigenvalue weighted by atomic mass is 9.86. The lowest BCUT2D eigenvalue weighted by Gasteiger charge is -2.18. The average Bonchev–Trinajstić information content (AvgIpc) is 2.33. The highest BCUT2D eigenvalue weighted by Crippen LogP contribution is 2.27. The Labute approximate surface area is 61.0 Å². The molecule has 1 atom stereocenters. The molecule has 0 aromatic rings. The van der Waals surface area contributed by atoms with Crippen LogP contribution in [0.4, 0.5) is 0 Å². The Hall–Kier alpha value is -0.790. The van der Waals surface area contributed by atoms with Crippen LogP contribution in [0.25, 0.3) is 0 Å². The fourth-order valence-electron chi connectivity index (χ4n) is 1.55. The largest absolute Gasteiger partial charge is 0.159 e. The molecule has 1 radical (unpaired) electrons. The quantitative estimate of drug-likeness (QED) is 0.483. The minimum absolute atomic E-state index is 0.832. The van der Waals surface area contributed by atoms with Crippen molar-refractivity contribution >= 4 is 5.71 Å². The van der Waals surface area contributed by atoms with Crippen LogP contribution in [-0.4, -0.2) is 5.71 Å². The Balaban J connectivity index is 2.17. The van der Waals surface area contributed by atoms with E-state index >= 15 is 0 Å². The summed E-state index contributed by atoms with van der Waals surface area (Å²) in [6, 6.07) is 0. The molecule has 2 nitrogen and oxygen atoms in total. The second-order valence-electron chi connectivity index (χ2n) is 3.16. The minimum Gasteiger partial charge on any atom is -0.159 e. The molecule has 2 rings (SSSR count). The fraction of sp³-hybridized carbons (Fsp3) is 0.625. The van der Waals surface area contributed by atoms with Gasteiger partial charge in [-0.05, 0) is 30.8 Å². The van der Waals surface area contributed by atoms with E-state index in [1.54, 1.807) is 0 Å². The first-order chi connectivity index (χ1) is 4.86. The van der Waals surface area contributed by atoms with Gasteiger partial charge in [-0.2, -0.15) is 10.5 Å². The van der Waals surface area contributed by atoms with Crippen LogP contribution in [0, 0.1) is 5.92 Å². The molecule has 0 N–H and O–H groups in total. The molecule has 0 aromatic heterocycles. The predicted octanol–water partition coefficient (Wildman–Crippen LogP) is 1.66. The van der Waals surface area contributed by atoms with E-state index in [4.69, 9.17) is 0 Å². The molecular formula is C8H11N2. The van der Waals surface area contributed by atoms with E-state index in [9.17, 15) is 0 Å². The maximum Gasteiger partial charge on any atom is 0.0678 e. The lowest BCUT2D eigenvalue weighted by Crippen LogP contribution is -2.12. The maximum atomic E-state index is 4.04. The molecule has 1 aliphatic heterocycles. The average molecular weight is 135 g/mol. The highest BCUT2D eigenvalue weighted by molar-refractivity contribution is 6.01. The molecule has 0 bridgehead atoms. The van der Waals surface area contributed by atoms with Gasteiger partial charge in [0.1, 0.15) is 0 Å². The summed E-state index contributed by atoms with van der Waals surface area (Å²) in [4.78, 5) is 0. The number of rotatable bonds is 0. The fourth-order valence-corrected chi connectivity index (χ4v) is 1.55. The van der Waals surface area contributed by atoms with Crippen LogP contribution in [0.2, 0.25) is 0 Å². The molecule has 1 unspecified atom stereocenters. The zero-order chi connectivity index (χ0) is 6.97. The van der Waals surface area contributed by atoms with E-state index in [1.807, 2.05) is 6.20 Å². The van der Waals surface area contributed by atoms with Crippen molar-refractivity contribution < 1.29 is 0 Å². The summed E-state index contributed by atoms with van der Waals surface area (Å²) in [7, 11) is 0. The molecule has 0 saturated heterocycles. The van der Waals surface area contributed by atoms with Crippen molar-refractivity contribution in [3.8, 4) is 0 Å². The van der Waals surface area contributed by atoms with Crippen molar-refractivity contribution in [3.63, 3.8) is 0 Å². The zero-order valence-corrected chi connectivity index (χ0v) is 6.17. The van der Waals surface area contributed by atoms with Gasteiger partial charge < -0.3 is 0 Å². The van der Waals surface area contributed by atoms with Crippen LogP contribution < -0.4 is 5.43 Å². The number of allylic oxidation sites excluding steroid dienone is 1. The third-order valence-electron chi connectivity index (χ3n) is 2.21. The lowest BCUT2D eigenvalue weighted by molar-refractivity contribution is 0.528. The Bertz CT molecular complexity index is 203. The summed E-state index contributed by atoms with van der Waals surface area (Å²) in [6.45, 7) is 2.29. The van der Waals surface area contributed by atoms with Crippen molar-refractivity contribution in [1.82, 2.24) is 5.43 Å². The van der Waals surface area contributed by atoms with Gasteiger partial charge in [-0.25, -0.2) is 0 Å². The number of fused-ring (bicyclic) bond motifs is 1. The smallest absolute Gasteiger partial charge is 0.0678 e. The highest BCUT2D eigenvalue weighted by Gasteiger charge is 2.21. The number of hydrogen-bond acceptors (Lipinski definition) is 1. The van der Waals surface area contributed by atoms with Crippen LogP contribution in [0.15, 0.2) is 16.9 Å². The van der Waals surface area contributed by atoms with Crippen LogP contribution in [0.5, 0.6) is 0 Å². The number of nitrogens with zero attached hydrogens (tertiary/aromatic N) is 2. The molecule has 1 heterocycles. The van der Waals surface area contributed by atoms with E-state index in [1.165, 1.54) is 24.1 Å². The van der Waals surface area contributed by atoms with Gasteiger partial charge in [0.2, 0.25) is 0 Å². The minimum atomic E-state index is 0.832. The molecular weight excluding hydrogens is 124 g/mol. The third kappa shape index (κ3) is 0.838. The first-order valence-electron chi connectivity index (χ1n) is 3.82. The van der Waals surface area contributed by atoms with Gasteiger partial charge in [0.15, 0.2) is 0 Å². The second kappa shape index (κ2) is 2.11. The SMILES string of the molecule is CC1CCC2=N[N]C=C2C1. The summed E-state index contributed by atoms with van der Waals surface area (Å²) < 4.78 is 0. The van der Waals surface area contributed by atoms with Gasteiger partial charge in [0.05, 0.1) is 11.9 Å². The van der Waals surface area contributed by atoms with Crippen LogP contribution in [0.3, 0.4) is 0 Å². The summed E-state index contributed by atoms with van der Waals surface area (Å²) >= 11 is 0. The topological polar surface area (TPSA) is 26.5 Å². The standard InChI is InChI=1S/C8H11N2/c1-6-2-3-8-7(4-6)5-9-10-8/h5-6H,2-4H2,1H3. The van der Waals surface area contributed by atoms with Crippen molar-refractivity contribution in [2.24, 2.45) is 11.0 Å². The molecule has 0 spiro atoms. The van der Waals surface area contributed by atoms with Crippen LogP contribution in [0.1, 0.15) is 26.2 Å². The first-order valence-corrected chi connectivity index (χ1v) is 3.82. The Morgan fingerprint density at radius 3 is 3.40 bits per heavy atom. The van der Waals surface area contributed by atoms with Gasteiger partial charge in [0, 0.05) is 0 Å². The van der Waals surface area contributed by atoms with Crippen molar-refractivity contribution in [3.05, 3.63) is 11.8 Å². The molecule has 2 heteroatoms. The molecule has 0 amide bonds. The second-order valence-corrected chi connectivity index (χ2v) is 3.16. The van der Waals surface area contributed by atoms with Gasteiger partial charge in [-0.15, -0.1) is 0 Å². The van der Waals surface area contributed by atoms with E-state index in [2.05, 4.69) is 17.5 Å². The summed E-state index contributed by atoms with van der Waals surface area (Å²) in [5.74, 6) is 0.832. The van der Waals surface area contributed by atoms with E-state index < -0.39 is 0 Å².